The third-order valence-corrected chi connectivity index (χ3v) is 3.62. The van der Waals surface area contributed by atoms with Crippen molar-refractivity contribution in [1.82, 2.24) is 9.13 Å². The molecule has 0 aliphatic heterocycles. The summed E-state index contributed by atoms with van der Waals surface area (Å²) in [6, 6.07) is 8.80. The molecule has 0 unspecified atom stereocenters. The van der Waals surface area contributed by atoms with Gasteiger partial charge in [0.25, 0.3) is 5.56 Å². The first kappa shape index (κ1) is 13.9. The molecule has 0 radical (unpaired) electrons. The number of pyridine rings is 1. The number of carboxylic acid groups (broad SMARTS) is 1. The van der Waals surface area contributed by atoms with Gasteiger partial charge in [0.2, 0.25) is 0 Å². The summed E-state index contributed by atoms with van der Waals surface area (Å²) in [4.78, 5) is 24.1. The lowest BCUT2D eigenvalue weighted by molar-refractivity contribution is 0.0698. The number of fused-ring (bicyclic) bond motifs is 1. The SMILES string of the molecule is COc1ccccc1-n1ccc2c(c(C(=O)O)cn2C)c1=O. The maximum atomic E-state index is 12.8. The van der Waals surface area contributed by atoms with Crippen LogP contribution in [0.1, 0.15) is 10.4 Å². The maximum absolute atomic E-state index is 12.8. The van der Waals surface area contributed by atoms with Crippen LogP contribution in [-0.2, 0) is 7.05 Å². The number of para-hydroxylation sites is 2. The first-order chi connectivity index (χ1) is 10.5. The second kappa shape index (κ2) is 5.07. The van der Waals surface area contributed by atoms with Crippen LogP contribution in [0.15, 0.2) is 47.5 Å². The van der Waals surface area contributed by atoms with Gasteiger partial charge in [0.05, 0.1) is 29.3 Å². The van der Waals surface area contributed by atoms with E-state index in [1.54, 1.807) is 48.1 Å². The second-order valence-corrected chi connectivity index (χ2v) is 4.88. The van der Waals surface area contributed by atoms with Crippen LogP contribution < -0.4 is 10.3 Å². The van der Waals surface area contributed by atoms with Gasteiger partial charge in [-0.1, -0.05) is 12.1 Å². The van der Waals surface area contributed by atoms with Crippen LogP contribution >= 0.6 is 0 Å². The van der Waals surface area contributed by atoms with Gasteiger partial charge >= 0.3 is 5.97 Å². The summed E-state index contributed by atoms with van der Waals surface area (Å²) in [5.74, 6) is -0.586. The number of aromatic nitrogens is 2. The Morgan fingerprint density at radius 2 is 1.95 bits per heavy atom. The van der Waals surface area contributed by atoms with E-state index >= 15 is 0 Å². The predicted molar refractivity (Wildman–Crippen MR) is 82.0 cm³/mol. The van der Waals surface area contributed by atoms with E-state index in [0.29, 0.717) is 17.0 Å². The van der Waals surface area contributed by atoms with E-state index in [9.17, 15) is 14.7 Å². The van der Waals surface area contributed by atoms with E-state index in [4.69, 9.17) is 4.74 Å². The fourth-order valence-corrected chi connectivity index (χ4v) is 2.58. The van der Waals surface area contributed by atoms with Crippen molar-refractivity contribution in [3.8, 4) is 11.4 Å². The molecule has 22 heavy (non-hydrogen) atoms. The molecule has 0 spiro atoms. The number of hydrogen-bond acceptors (Lipinski definition) is 3. The van der Waals surface area contributed by atoms with Crippen LogP contribution in [0.5, 0.6) is 5.75 Å². The van der Waals surface area contributed by atoms with E-state index in [1.807, 2.05) is 0 Å². The summed E-state index contributed by atoms with van der Waals surface area (Å²) >= 11 is 0. The van der Waals surface area contributed by atoms with Crippen molar-refractivity contribution in [3.63, 3.8) is 0 Å². The van der Waals surface area contributed by atoms with Gasteiger partial charge in [-0.15, -0.1) is 0 Å². The van der Waals surface area contributed by atoms with Crippen molar-refractivity contribution >= 4 is 16.9 Å². The summed E-state index contributed by atoms with van der Waals surface area (Å²) in [6.45, 7) is 0. The zero-order valence-corrected chi connectivity index (χ0v) is 12.1. The fourth-order valence-electron chi connectivity index (χ4n) is 2.58. The molecule has 6 nitrogen and oxygen atoms in total. The first-order valence-corrected chi connectivity index (χ1v) is 6.62. The Kier molecular flexibility index (Phi) is 3.21. The highest BCUT2D eigenvalue weighted by molar-refractivity contribution is 6.03. The number of methoxy groups -OCH3 is 1. The van der Waals surface area contributed by atoms with Crippen LogP contribution in [-0.4, -0.2) is 27.3 Å². The largest absolute Gasteiger partial charge is 0.495 e. The minimum atomic E-state index is -1.12. The predicted octanol–water partition coefficient (Wildman–Crippen LogP) is 2.04. The minimum absolute atomic E-state index is 0.00764. The van der Waals surface area contributed by atoms with Crippen molar-refractivity contribution in [2.75, 3.05) is 7.11 Å². The van der Waals surface area contributed by atoms with Crippen molar-refractivity contribution < 1.29 is 14.6 Å². The van der Waals surface area contributed by atoms with Crippen molar-refractivity contribution in [3.05, 3.63) is 58.6 Å². The molecule has 0 aliphatic rings. The number of carbonyl (C=O) groups is 1. The zero-order valence-electron chi connectivity index (χ0n) is 12.1. The molecule has 3 rings (SSSR count). The Balaban J connectivity index is 2.38. The molecule has 0 bridgehead atoms. The molecule has 0 saturated carbocycles. The molecule has 0 amide bonds. The molecule has 3 aromatic rings. The highest BCUT2D eigenvalue weighted by Gasteiger charge is 2.18. The lowest BCUT2D eigenvalue weighted by Crippen LogP contribution is -2.19. The van der Waals surface area contributed by atoms with E-state index in [2.05, 4.69) is 0 Å². The standard InChI is InChI=1S/C16H14N2O4/c1-17-9-10(16(20)21)14-12(17)7-8-18(15(14)19)11-5-3-4-6-13(11)22-2/h3-9H,1-2H3,(H,20,21). The molecule has 0 aliphatic carbocycles. The lowest BCUT2D eigenvalue weighted by atomic mass is 10.2. The van der Waals surface area contributed by atoms with Gasteiger partial charge in [-0.05, 0) is 18.2 Å². The molecular weight excluding hydrogens is 284 g/mol. The topological polar surface area (TPSA) is 73.5 Å². The molecule has 6 heteroatoms. The summed E-state index contributed by atoms with van der Waals surface area (Å²) in [5.41, 5.74) is 0.748. The van der Waals surface area contributed by atoms with Gasteiger partial charge in [-0.2, -0.15) is 0 Å². The number of hydrogen-bond donors (Lipinski definition) is 1. The Morgan fingerprint density at radius 3 is 2.64 bits per heavy atom. The molecule has 1 aromatic carbocycles. The number of benzene rings is 1. The van der Waals surface area contributed by atoms with Crippen molar-refractivity contribution in [2.45, 2.75) is 0 Å². The summed E-state index contributed by atoms with van der Waals surface area (Å²) in [7, 11) is 3.23. The molecule has 2 aromatic heterocycles. The molecule has 2 heterocycles. The number of aryl methyl sites for hydroxylation is 1. The quantitative estimate of drug-likeness (QED) is 0.803. The highest BCUT2D eigenvalue weighted by Crippen LogP contribution is 2.23. The maximum Gasteiger partial charge on any atom is 0.338 e. The minimum Gasteiger partial charge on any atom is -0.495 e. The molecule has 0 fully saturated rings. The number of nitrogens with zero attached hydrogens (tertiary/aromatic N) is 2. The van der Waals surface area contributed by atoms with Gasteiger partial charge in [-0.25, -0.2) is 4.79 Å². The zero-order chi connectivity index (χ0) is 15.9. The number of ether oxygens (including phenoxy) is 1. The van der Waals surface area contributed by atoms with Crippen LogP contribution in [0.3, 0.4) is 0 Å². The average Bonchev–Trinajstić information content (AvgIpc) is 2.86. The Hall–Kier alpha value is -3.02. The number of rotatable bonds is 3. The summed E-state index contributed by atoms with van der Waals surface area (Å²) in [6.07, 6.45) is 3.06. The van der Waals surface area contributed by atoms with E-state index < -0.39 is 5.97 Å². The first-order valence-electron chi connectivity index (χ1n) is 6.62. The van der Waals surface area contributed by atoms with Gasteiger partial charge in [0.1, 0.15) is 5.75 Å². The monoisotopic (exact) mass is 298 g/mol. The van der Waals surface area contributed by atoms with Crippen LogP contribution in [0.2, 0.25) is 0 Å². The third-order valence-electron chi connectivity index (χ3n) is 3.62. The van der Waals surface area contributed by atoms with Crippen LogP contribution in [0.25, 0.3) is 16.6 Å². The Bertz CT molecular complexity index is 937. The molecule has 1 N–H and O–H groups in total. The van der Waals surface area contributed by atoms with Gasteiger partial charge in [-0.3, -0.25) is 9.36 Å². The molecule has 112 valence electrons. The average molecular weight is 298 g/mol. The van der Waals surface area contributed by atoms with Crippen molar-refractivity contribution in [1.29, 1.82) is 0 Å². The third kappa shape index (κ3) is 1.96. The molecule has 0 saturated heterocycles. The van der Waals surface area contributed by atoms with E-state index in [0.717, 1.165) is 0 Å². The highest BCUT2D eigenvalue weighted by atomic mass is 16.5. The van der Waals surface area contributed by atoms with E-state index in [-0.39, 0.29) is 16.5 Å². The lowest BCUT2D eigenvalue weighted by Gasteiger charge is -2.11. The van der Waals surface area contributed by atoms with Crippen molar-refractivity contribution in [2.24, 2.45) is 7.05 Å². The summed E-state index contributed by atoms with van der Waals surface area (Å²) < 4.78 is 8.30. The Morgan fingerprint density at radius 1 is 1.23 bits per heavy atom. The van der Waals surface area contributed by atoms with Crippen LogP contribution in [0.4, 0.5) is 0 Å². The molecular formula is C16H14N2O4. The normalized spacial score (nSPS) is 10.8. The van der Waals surface area contributed by atoms with Gasteiger partial charge in [0, 0.05) is 19.4 Å². The second-order valence-electron chi connectivity index (χ2n) is 4.88. The van der Waals surface area contributed by atoms with Crippen LogP contribution in [0, 0.1) is 0 Å². The number of aromatic carboxylic acids is 1. The smallest absolute Gasteiger partial charge is 0.338 e. The number of carboxylic acids is 1. The van der Waals surface area contributed by atoms with E-state index in [1.165, 1.54) is 17.9 Å². The summed E-state index contributed by atoms with van der Waals surface area (Å²) in [5, 5.41) is 9.48. The molecule has 0 atom stereocenters. The van der Waals surface area contributed by atoms with Gasteiger partial charge in [0.15, 0.2) is 0 Å². The Labute approximate surface area is 125 Å². The van der Waals surface area contributed by atoms with Gasteiger partial charge < -0.3 is 14.4 Å². The fraction of sp³-hybridized carbons (Fsp3) is 0.125.